The summed E-state index contributed by atoms with van der Waals surface area (Å²) in [6.07, 6.45) is -5.09. The van der Waals surface area contributed by atoms with Crippen molar-refractivity contribution in [3.8, 4) is 0 Å². The number of hydrogen-bond donors (Lipinski definition) is 6. The van der Waals surface area contributed by atoms with Gasteiger partial charge < -0.3 is 46.4 Å². The highest BCUT2D eigenvalue weighted by atomic mass is 32.2. The van der Waals surface area contributed by atoms with Crippen molar-refractivity contribution < 1.29 is 59.0 Å². The summed E-state index contributed by atoms with van der Waals surface area (Å²) in [4.78, 5) is 24.1. The van der Waals surface area contributed by atoms with Crippen molar-refractivity contribution in [3.05, 3.63) is 106 Å². The van der Waals surface area contributed by atoms with Crippen LogP contribution in [0.25, 0.3) is 0 Å². The molecular weight excluding hydrogens is 793 g/mol. The number of carbonyl (C=O) groups is 2. The zero-order valence-corrected chi connectivity index (χ0v) is 32.2. The lowest BCUT2D eigenvalue weighted by Crippen LogP contribution is -2.36. The molecule has 3 amide bonds. The molecule has 0 radical (unpaired) electrons. The van der Waals surface area contributed by atoms with E-state index in [1.807, 2.05) is 0 Å². The van der Waals surface area contributed by atoms with Gasteiger partial charge >= 0.3 is 32.4 Å². The van der Waals surface area contributed by atoms with Crippen LogP contribution in [0.15, 0.2) is 82.6 Å². The van der Waals surface area contributed by atoms with Crippen molar-refractivity contribution >= 4 is 68.1 Å². The Kier molecular flexibility index (Phi) is 13.0. The molecule has 0 fully saturated rings. The summed E-state index contributed by atoms with van der Waals surface area (Å²) in [5.41, 5.74) is 15.9. The van der Waals surface area contributed by atoms with E-state index in [4.69, 9.17) is 20.8 Å². The summed E-state index contributed by atoms with van der Waals surface area (Å²) < 4.78 is 99.3. The highest BCUT2D eigenvalue weighted by Gasteiger charge is 2.38. The van der Waals surface area contributed by atoms with Crippen LogP contribution in [0.2, 0.25) is 0 Å². The number of nitrogen functional groups attached to an aromatic ring is 2. The number of nitrogens with two attached hydrogens (primary N) is 2. The van der Waals surface area contributed by atoms with Crippen LogP contribution in [0.4, 0.5) is 29.3 Å². The maximum absolute atomic E-state index is 13.0. The van der Waals surface area contributed by atoms with Gasteiger partial charge in [-0.1, -0.05) is 36.4 Å². The fraction of sp³-hybridized carbons (Fsp3) is 0.257. The van der Waals surface area contributed by atoms with Crippen molar-refractivity contribution in [1.29, 1.82) is 0 Å². The minimum atomic E-state index is -5.09. The Balaban J connectivity index is 0.000000218. The van der Waals surface area contributed by atoms with Gasteiger partial charge in [-0.15, -0.1) is 0 Å². The highest BCUT2D eigenvalue weighted by molar-refractivity contribution is 7.91. The molecule has 6 rings (SSSR count). The van der Waals surface area contributed by atoms with Crippen LogP contribution in [-0.4, -0.2) is 78.2 Å². The summed E-state index contributed by atoms with van der Waals surface area (Å²) >= 11 is 0. The minimum absolute atomic E-state index is 0.0351. The molecule has 302 valence electrons. The van der Waals surface area contributed by atoms with E-state index in [0.29, 0.717) is 39.9 Å². The van der Waals surface area contributed by atoms with Gasteiger partial charge in [0.1, 0.15) is 0 Å². The third kappa shape index (κ3) is 10.6. The number of rotatable bonds is 10. The van der Waals surface area contributed by atoms with Gasteiger partial charge in [-0.2, -0.15) is 13.2 Å². The molecule has 0 aromatic heterocycles. The lowest BCUT2D eigenvalue weighted by Gasteiger charge is -2.15. The van der Waals surface area contributed by atoms with Crippen LogP contribution in [0.3, 0.4) is 0 Å². The minimum Gasteiger partial charge on any atom is -0.423 e. The van der Waals surface area contributed by atoms with Crippen LogP contribution in [-0.2, 0) is 71.6 Å². The number of amides is 3. The largest absolute Gasteiger partial charge is 0.491 e. The third-order valence-corrected chi connectivity index (χ3v) is 12.4. The number of nitrogens with zero attached hydrogens (tertiary/aromatic N) is 1. The molecule has 57 heavy (non-hydrogen) atoms. The molecule has 22 heteroatoms. The van der Waals surface area contributed by atoms with Gasteiger partial charge in [0.05, 0.1) is 34.5 Å². The molecule has 2 aliphatic rings. The number of carbonyl (C=O) groups excluding carboxylic acids is 2. The van der Waals surface area contributed by atoms with E-state index >= 15 is 0 Å². The van der Waals surface area contributed by atoms with Crippen molar-refractivity contribution in [2.75, 3.05) is 25.6 Å². The summed E-state index contributed by atoms with van der Waals surface area (Å²) in [7, 11) is -6.68. The first-order valence-electron chi connectivity index (χ1n) is 17.0. The molecule has 4 aromatic rings. The van der Waals surface area contributed by atoms with Crippen molar-refractivity contribution in [3.63, 3.8) is 0 Å². The Morgan fingerprint density at radius 2 is 1.14 bits per heavy atom. The summed E-state index contributed by atoms with van der Waals surface area (Å²) in [5.74, 6) is -2.89. The molecule has 8 N–H and O–H groups in total. The fourth-order valence-corrected chi connectivity index (χ4v) is 9.15. The number of nitrogens with one attached hydrogen (secondary N) is 2. The average Bonchev–Trinajstić information content (AvgIpc) is 3.69. The third-order valence-electron chi connectivity index (χ3n) is 8.83. The second-order valence-corrected chi connectivity index (χ2v) is 17.3. The smallest absolute Gasteiger partial charge is 0.423 e. The monoisotopic (exact) mass is 831 g/mol. The van der Waals surface area contributed by atoms with Gasteiger partial charge in [0.25, 0.3) is 0 Å². The quantitative estimate of drug-likeness (QED) is 0.0965. The van der Waals surface area contributed by atoms with Crippen LogP contribution < -0.4 is 33.0 Å². The number of fused-ring (bicyclic) bond motifs is 2. The first-order valence-corrected chi connectivity index (χ1v) is 20.3. The van der Waals surface area contributed by atoms with E-state index < -0.39 is 58.3 Å². The SMILES string of the molecule is CN(C)C(=O)NCc1cc(N)ccc1S(=O)(=O)Cc1ccc2c(c1)B(O)OC2.Nc1ccc(S(=O)(=O)Cc2ccc3c(c2)B(O)OC3)c(CNC(=O)C(F)(F)F)c1. The van der Waals surface area contributed by atoms with Crippen LogP contribution in [0, 0.1) is 0 Å². The molecular formula is C35H38B2F3N5O10S2. The standard InChI is InChI=1S/C18H22BN3O5S.C17H16BF3N2O5S/c1-22(2)18(23)21-9-14-8-15(20)5-6-17(14)28(25,26)11-12-3-4-13-10-27-19(24)16(13)7-12;19-17(20,21)16(24)23-7-12-6-13(22)3-4-15(12)29(26,27)9-10-1-2-11-8-28-18(25)14(11)5-10/h3-8,24H,9-11,20H2,1-2H3,(H,21,23);1-6,25H,7-9,22H2,(H,23,24). The second-order valence-electron chi connectivity index (χ2n) is 13.4. The summed E-state index contributed by atoms with van der Waals surface area (Å²) in [5, 5.41) is 23.9. The van der Waals surface area contributed by atoms with Crippen LogP contribution in [0.1, 0.15) is 33.4 Å². The molecule has 0 atom stereocenters. The zero-order chi connectivity index (χ0) is 41.9. The molecule has 0 saturated carbocycles. The number of halogens is 3. The van der Waals surface area contributed by atoms with Gasteiger partial charge in [0.2, 0.25) is 0 Å². The number of benzene rings is 4. The molecule has 0 aliphatic carbocycles. The van der Waals surface area contributed by atoms with E-state index in [1.54, 1.807) is 55.8 Å². The van der Waals surface area contributed by atoms with Gasteiger partial charge in [-0.05, 0) is 80.7 Å². The van der Waals surface area contributed by atoms with Gasteiger partial charge in [-0.3, -0.25) is 4.79 Å². The maximum atomic E-state index is 13.0. The highest BCUT2D eigenvalue weighted by Crippen LogP contribution is 2.26. The molecule has 2 aliphatic heterocycles. The Morgan fingerprint density at radius 3 is 1.54 bits per heavy atom. The maximum Gasteiger partial charge on any atom is 0.491 e. The fourth-order valence-electron chi connectivity index (χ4n) is 5.99. The first-order chi connectivity index (χ1) is 26.6. The van der Waals surface area contributed by atoms with Crippen LogP contribution >= 0.6 is 0 Å². The van der Waals surface area contributed by atoms with E-state index in [9.17, 15) is 49.6 Å². The predicted molar refractivity (Wildman–Crippen MR) is 205 cm³/mol. The lowest BCUT2D eigenvalue weighted by molar-refractivity contribution is -0.173. The van der Waals surface area contributed by atoms with Crippen molar-refractivity contribution in [2.24, 2.45) is 0 Å². The van der Waals surface area contributed by atoms with E-state index in [-0.39, 0.29) is 46.0 Å². The topological polar surface area (TPSA) is 241 Å². The molecule has 0 bridgehead atoms. The predicted octanol–water partition coefficient (Wildman–Crippen LogP) is 0.871. The number of sulfone groups is 2. The summed E-state index contributed by atoms with van der Waals surface area (Å²) in [6.45, 7) is -0.107. The zero-order valence-electron chi connectivity index (χ0n) is 30.5. The molecule has 2 heterocycles. The molecule has 0 unspecified atom stereocenters. The Bertz CT molecular complexity index is 2400. The summed E-state index contributed by atoms with van der Waals surface area (Å²) in [6, 6.07) is 17.7. The van der Waals surface area contributed by atoms with E-state index in [2.05, 4.69) is 5.32 Å². The lowest BCUT2D eigenvalue weighted by atomic mass is 9.79. The number of urea groups is 1. The average molecular weight is 831 g/mol. The molecule has 15 nitrogen and oxygen atoms in total. The van der Waals surface area contributed by atoms with Gasteiger partial charge in [0.15, 0.2) is 19.7 Å². The Labute approximate surface area is 327 Å². The Morgan fingerprint density at radius 1 is 0.719 bits per heavy atom. The van der Waals surface area contributed by atoms with E-state index in [1.165, 1.54) is 41.3 Å². The number of anilines is 2. The number of hydrogen-bond acceptors (Lipinski definition) is 12. The Hall–Kier alpha value is -5.12. The molecule has 4 aromatic carbocycles. The van der Waals surface area contributed by atoms with Crippen molar-refractivity contribution in [2.45, 2.75) is 53.8 Å². The van der Waals surface area contributed by atoms with Gasteiger partial charge in [-0.25, -0.2) is 21.6 Å². The van der Waals surface area contributed by atoms with Gasteiger partial charge in [0, 0.05) is 38.6 Å². The molecule has 0 spiro atoms. The van der Waals surface area contributed by atoms with Crippen molar-refractivity contribution in [1.82, 2.24) is 15.5 Å². The van der Waals surface area contributed by atoms with E-state index in [0.717, 1.165) is 11.1 Å². The molecule has 0 saturated heterocycles. The number of alkyl halides is 3. The van der Waals surface area contributed by atoms with Crippen LogP contribution in [0.5, 0.6) is 0 Å². The first kappa shape index (κ1) is 43.0. The second kappa shape index (κ2) is 17.2. The normalized spacial score (nSPS) is 13.7.